The van der Waals surface area contributed by atoms with Crippen LogP contribution in [-0.4, -0.2) is 4.98 Å². The van der Waals surface area contributed by atoms with Crippen LogP contribution in [0.25, 0.3) is 0 Å². The molecule has 6 heteroatoms. The van der Waals surface area contributed by atoms with Gasteiger partial charge in [0, 0.05) is 12.7 Å². The largest absolute Gasteiger partial charge is 0.456 e. The molecule has 0 saturated carbocycles. The molecule has 0 aliphatic heterocycles. The van der Waals surface area contributed by atoms with E-state index in [-0.39, 0.29) is 17.9 Å². The summed E-state index contributed by atoms with van der Waals surface area (Å²) in [5, 5.41) is 0. The van der Waals surface area contributed by atoms with E-state index < -0.39 is 11.7 Å². The Hall–Kier alpha value is -2.08. The molecule has 0 fully saturated rings. The van der Waals surface area contributed by atoms with Gasteiger partial charge in [-0.25, -0.2) is 0 Å². The van der Waals surface area contributed by atoms with Gasteiger partial charge < -0.3 is 10.5 Å². The van der Waals surface area contributed by atoms with Crippen molar-refractivity contribution < 1.29 is 17.9 Å². The molecule has 0 atom stereocenters. The topological polar surface area (TPSA) is 48.1 Å². The lowest BCUT2D eigenvalue weighted by Gasteiger charge is -2.13. The SMILES string of the molecule is NCc1ccc(Oc2cccnc2)cc1C(F)(F)F. The second kappa shape index (κ2) is 5.27. The van der Waals surface area contributed by atoms with Gasteiger partial charge in [0.05, 0.1) is 11.8 Å². The summed E-state index contributed by atoms with van der Waals surface area (Å²) in [5.41, 5.74) is 4.55. The molecular weight excluding hydrogens is 257 g/mol. The molecule has 0 aliphatic rings. The summed E-state index contributed by atoms with van der Waals surface area (Å²) >= 11 is 0. The minimum atomic E-state index is -4.46. The number of rotatable bonds is 3. The fourth-order valence-corrected chi connectivity index (χ4v) is 1.60. The summed E-state index contributed by atoms with van der Waals surface area (Å²) in [7, 11) is 0. The highest BCUT2D eigenvalue weighted by Gasteiger charge is 2.33. The maximum Gasteiger partial charge on any atom is 0.416 e. The second-order valence-electron chi connectivity index (χ2n) is 3.81. The Balaban J connectivity index is 2.33. The van der Waals surface area contributed by atoms with E-state index in [1.807, 2.05) is 0 Å². The summed E-state index contributed by atoms with van der Waals surface area (Å²) in [6.07, 6.45) is -1.49. The van der Waals surface area contributed by atoms with E-state index in [1.54, 1.807) is 18.3 Å². The highest BCUT2D eigenvalue weighted by molar-refractivity contribution is 5.39. The van der Waals surface area contributed by atoms with Gasteiger partial charge in [0.25, 0.3) is 0 Å². The Morgan fingerprint density at radius 1 is 1.16 bits per heavy atom. The third-order valence-electron chi connectivity index (χ3n) is 2.48. The van der Waals surface area contributed by atoms with Crippen molar-refractivity contribution in [2.45, 2.75) is 12.7 Å². The summed E-state index contributed by atoms with van der Waals surface area (Å²) in [6.45, 7) is -0.179. The monoisotopic (exact) mass is 268 g/mol. The molecule has 1 aromatic carbocycles. The van der Waals surface area contributed by atoms with Crippen molar-refractivity contribution in [2.75, 3.05) is 0 Å². The maximum atomic E-state index is 12.8. The lowest BCUT2D eigenvalue weighted by Crippen LogP contribution is -2.12. The first-order valence-electron chi connectivity index (χ1n) is 5.49. The minimum Gasteiger partial charge on any atom is -0.456 e. The van der Waals surface area contributed by atoms with Gasteiger partial charge >= 0.3 is 6.18 Å². The molecule has 2 N–H and O–H groups in total. The van der Waals surface area contributed by atoms with Crippen molar-refractivity contribution >= 4 is 0 Å². The van der Waals surface area contributed by atoms with Crippen LogP contribution in [0, 0.1) is 0 Å². The molecule has 2 rings (SSSR count). The second-order valence-corrected chi connectivity index (χ2v) is 3.81. The van der Waals surface area contributed by atoms with Crippen LogP contribution in [0.15, 0.2) is 42.7 Å². The Bertz CT molecular complexity index is 556. The molecule has 0 amide bonds. The van der Waals surface area contributed by atoms with Gasteiger partial charge in [-0.15, -0.1) is 0 Å². The predicted octanol–water partition coefficient (Wildman–Crippen LogP) is 3.35. The quantitative estimate of drug-likeness (QED) is 0.928. The number of halogens is 3. The minimum absolute atomic E-state index is 0.0334. The van der Waals surface area contributed by atoms with Gasteiger partial charge in [-0.3, -0.25) is 4.98 Å². The van der Waals surface area contributed by atoms with Gasteiger partial charge in [-0.05, 0) is 29.8 Å². The molecule has 1 aromatic heterocycles. The first-order valence-corrected chi connectivity index (χ1v) is 5.49. The molecule has 0 radical (unpaired) electrons. The van der Waals surface area contributed by atoms with Gasteiger partial charge in [0.15, 0.2) is 0 Å². The summed E-state index contributed by atoms with van der Waals surface area (Å²) in [6, 6.07) is 6.94. The molecule has 2 aromatic rings. The first kappa shape index (κ1) is 13.4. The van der Waals surface area contributed by atoms with Crippen molar-refractivity contribution in [3.05, 3.63) is 53.9 Å². The fourth-order valence-electron chi connectivity index (χ4n) is 1.60. The van der Waals surface area contributed by atoms with Crippen LogP contribution in [0.5, 0.6) is 11.5 Å². The van der Waals surface area contributed by atoms with Crippen LogP contribution in [0.1, 0.15) is 11.1 Å². The number of benzene rings is 1. The number of alkyl halides is 3. The Morgan fingerprint density at radius 3 is 2.53 bits per heavy atom. The lowest BCUT2D eigenvalue weighted by atomic mass is 10.1. The molecular formula is C13H11F3N2O. The van der Waals surface area contributed by atoms with Gasteiger partial charge in [0.2, 0.25) is 0 Å². The lowest BCUT2D eigenvalue weighted by molar-refractivity contribution is -0.138. The van der Waals surface area contributed by atoms with Crippen LogP contribution < -0.4 is 10.5 Å². The fraction of sp³-hybridized carbons (Fsp3) is 0.154. The van der Waals surface area contributed by atoms with Crippen LogP contribution in [0.2, 0.25) is 0 Å². The standard InChI is InChI=1S/C13H11F3N2O/c14-13(15,16)12-6-10(4-3-9(12)7-17)19-11-2-1-5-18-8-11/h1-6,8H,7,17H2. The molecule has 3 nitrogen and oxygen atoms in total. The molecule has 100 valence electrons. The maximum absolute atomic E-state index is 12.8. The Labute approximate surface area is 107 Å². The van der Waals surface area contributed by atoms with Crippen LogP contribution in [0.4, 0.5) is 13.2 Å². The van der Waals surface area contributed by atoms with E-state index in [9.17, 15) is 13.2 Å². The smallest absolute Gasteiger partial charge is 0.416 e. The number of hydrogen-bond donors (Lipinski definition) is 1. The number of aromatic nitrogens is 1. The van der Waals surface area contributed by atoms with E-state index in [0.29, 0.717) is 5.75 Å². The van der Waals surface area contributed by atoms with Crippen molar-refractivity contribution in [1.82, 2.24) is 4.98 Å². The molecule has 0 aliphatic carbocycles. The normalized spacial score (nSPS) is 11.4. The number of pyridine rings is 1. The molecule has 0 spiro atoms. The molecule has 19 heavy (non-hydrogen) atoms. The summed E-state index contributed by atoms with van der Waals surface area (Å²) < 4.78 is 43.8. The van der Waals surface area contributed by atoms with Crippen molar-refractivity contribution in [3.8, 4) is 11.5 Å². The van der Waals surface area contributed by atoms with Crippen molar-refractivity contribution in [3.63, 3.8) is 0 Å². The van der Waals surface area contributed by atoms with E-state index in [0.717, 1.165) is 6.07 Å². The number of nitrogens with zero attached hydrogens (tertiary/aromatic N) is 1. The zero-order chi connectivity index (χ0) is 13.9. The summed E-state index contributed by atoms with van der Waals surface area (Å²) in [5.74, 6) is 0.466. The average Bonchev–Trinajstić information content (AvgIpc) is 2.39. The van der Waals surface area contributed by atoms with Gasteiger partial charge in [-0.1, -0.05) is 6.07 Å². The number of hydrogen-bond acceptors (Lipinski definition) is 3. The van der Waals surface area contributed by atoms with Crippen molar-refractivity contribution in [1.29, 1.82) is 0 Å². The molecule has 0 bridgehead atoms. The van der Waals surface area contributed by atoms with Crippen molar-refractivity contribution in [2.24, 2.45) is 5.73 Å². The zero-order valence-corrected chi connectivity index (χ0v) is 9.82. The Kier molecular flexibility index (Phi) is 3.71. The predicted molar refractivity (Wildman–Crippen MR) is 63.6 cm³/mol. The molecule has 0 saturated heterocycles. The van der Waals surface area contributed by atoms with E-state index in [1.165, 1.54) is 18.3 Å². The van der Waals surface area contributed by atoms with Crippen LogP contribution >= 0.6 is 0 Å². The first-order chi connectivity index (χ1) is 9.00. The van der Waals surface area contributed by atoms with Gasteiger partial charge in [0.1, 0.15) is 11.5 Å². The van der Waals surface area contributed by atoms with E-state index in [2.05, 4.69) is 4.98 Å². The third kappa shape index (κ3) is 3.23. The summed E-state index contributed by atoms with van der Waals surface area (Å²) in [4.78, 5) is 3.82. The third-order valence-corrected chi connectivity index (χ3v) is 2.48. The highest BCUT2D eigenvalue weighted by Crippen LogP contribution is 2.35. The number of nitrogens with two attached hydrogens (primary N) is 1. The molecule has 1 heterocycles. The van der Waals surface area contributed by atoms with Crippen LogP contribution in [-0.2, 0) is 12.7 Å². The zero-order valence-electron chi connectivity index (χ0n) is 9.82. The Morgan fingerprint density at radius 2 is 1.95 bits per heavy atom. The highest BCUT2D eigenvalue weighted by atomic mass is 19.4. The number of ether oxygens (including phenoxy) is 1. The molecule has 0 unspecified atom stereocenters. The van der Waals surface area contributed by atoms with E-state index >= 15 is 0 Å². The van der Waals surface area contributed by atoms with Gasteiger partial charge in [-0.2, -0.15) is 13.2 Å². The average molecular weight is 268 g/mol. The van der Waals surface area contributed by atoms with Crippen LogP contribution in [0.3, 0.4) is 0 Å². The van der Waals surface area contributed by atoms with E-state index in [4.69, 9.17) is 10.5 Å².